The first kappa shape index (κ1) is 18.0. The molecular formula is C18H23N3O5. The van der Waals surface area contributed by atoms with Crippen molar-refractivity contribution in [1.82, 2.24) is 10.3 Å². The third kappa shape index (κ3) is 3.07. The van der Waals surface area contributed by atoms with Crippen LogP contribution < -0.4 is 19.5 Å². The van der Waals surface area contributed by atoms with E-state index in [1.165, 1.54) is 27.5 Å². The van der Waals surface area contributed by atoms with Crippen LogP contribution in [0, 0.1) is 0 Å². The molecule has 3 rings (SSSR count). The number of hydrogen-bond acceptors (Lipinski definition) is 6. The highest BCUT2D eigenvalue weighted by molar-refractivity contribution is 6.07. The highest BCUT2D eigenvalue weighted by Gasteiger charge is 2.51. The standard InChI is InChI=1S/C18H23N3O5/c1-24-13-9-12(10-14(25-2)15(13)26-3)11-19-21-16(22)18(20-17(21)23)7-5-4-6-8-18/h9-11H,4-8H2,1-3H3,(H,20,23)/b19-11-. The van der Waals surface area contributed by atoms with Gasteiger partial charge in [-0.25, -0.2) is 4.79 Å². The predicted octanol–water partition coefficient (Wildman–Crippen LogP) is 2.30. The van der Waals surface area contributed by atoms with Crippen LogP contribution in [0.2, 0.25) is 0 Å². The Balaban J connectivity index is 1.85. The number of methoxy groups -OCH3 is 3. The summed E-state index contributed by atoms with van der Waals surface area (Å²) >= 11 is 0. The molecule has 26 heavy (non-hydrogen) atoms. The fourth-order valence-electron chi connectivity index (χ4n) is 3.51. The molecule has 1 aromatic rings. The van der Waals surface area contributed by atoms with Crippen LogP contribution in [0.5, 0.6) is 17.2 Å². The number of hydrogen-bond donors (Lipinski definition) is 1. The molecular weight excluding hydrogens is 338 g/mol. The molecule has 1 aliphatic carbocycles. The number of hydrazone groups is 1. The molecule has 0 radical (unpaired) electrons. The smallest absolute Gasteiger partial charge is 0.346 e. The van der Waals surface area contributed by atoms with E-state index in [0.717, 1.165) is 24.3 Å². The molecule has 140 valence electrons. The van der Waals surface area contributed by atoms with Gasteiger partial charge < -0.3 is 19.5 Å². The van der Waals surface area contributed by atoms with Gasteiger partial charge in [-0.2, -0.15) is 5.10 Å². The summed E-state index contributed by atoms with van der Waals surface area (Å²) in [5.41, 5.74) is -0.174. The zero-order chi connectivity index (χ0) is 18.7. The molecule has 8 nitrogen and oxygen atoms in total. The number of amides is 3. The van der Waals surface area contributed by atoms with E-state index >= 15 is 0 Å². The van der Waals surface area contributed by atoms with Gasteiger partial charge in [-0.05, 0) is 25.0 Å². The van der Waals surface area contributed by atoms with Gasteiger partial charge in [0.1, 0.15) is 5.54 Å². The first-order valence-electron chi connectivity index (χ1n) is 8.55. The lowest BCUT2D eigenvalue weighted by Crippen LogP contribution is -2.48. The van der Waals surface area contributed by atoms with Gasteiger partial charge in [0.15, 0.2) is 11.5 Å². The monoisotopic (exact) mass is 361 g/mol. The summed E-state index contributed by atoms with van der Waals surface area (Å²) in [7, 11) is 4.55. The topological polar surface area (TPSA) is 89.5 Å². The summed E-state index contributed by atoms with van der Waals surface area (Å²) in [4.78, 5) is 25.0. The minimum atomic E-state index is -0.790. The van der Waals surface area contributed by atoms with Gasteiger partial charge >= 0.3 is 6.03 Å². The molecule has 1 aliphatic heterocycles. The van der Waals surface area contributed by atoms with Gasteiger partial charge in [-0.3, -0.25) is 4.79 Å². The lowest BCUT2D eigenvalue weighted by atomic mass is 9.82. The normalized spacial score (nSPS) is 19.1. The molecule has 0 bridgehead atoms. The van der Waals surface area contributed by atoms with Gasteiger partial charge in [0, 0.05) is 5.56 Å². The number of carbonyl (C=O) groups is 2. The fraction of sp³-hybridized carbons (Fsp3) is 0.500. The van der Waals surface area contributed by atoms with E-state index in [4.69, 9.17) is 14.2 Å². The molecule has 3 amide bonds. The molecule has 0 unspecified atom stereocenters. The average molecular weight is 361 g/mol. The summed E-state index contributed by atoms with van der Waals surface area (Å²) in [6.45, 7) is 0. The minimum absolute atomic E-state index is 0.286. The number of ether oxygens (including phenoxy) is 3. The molecule has 1 N–H and O–H groups in total. The first-order valence-corrected chi connectivity index (χ1v) is 8.55. The zero-order valence-electron chi connectivity index (χ0n) is 15.2. The Kier molecular flexibility index (Phi) is 5.01. The van der Waals surface area contributed by atoms with Crippen molar-refractivity contribution in [3.8, 4) is 17.2 Å². The van der Waals surface area contributed by atoms with E-state index in [2.05, 4.69) is 10.4 Å². The van der Waals surface area contributed by atoms with Crippen molar-refractivity contribution in [3.63, 3.8) is 0 Å². The number of rotatable bonds is 5. The van der Waals surface area contributed by atoms with Crippen molar-refractivity contribution in [2.45, 2.75) is 37.6 Å². The van der Waals surface area contributed by atoms with E-state index in [9.17, 15) is 9.59 Å². The Hall–Kier alpha value is -2.77. The third-order valence-electron chi connectivity index (χ3n) is 4.86. The van der Waals surface area contributed by atoms with Crippen LogP contribution in [-0.4, -0.2) is 50.0 Å². The number of carbonyl (C=O) groups excluding carboxylic acids is 2. The largest absolute Gasteiger partial charge is 0.493 e. The third-order valence-corrected chi connectivity index (χ3v) is 4.86. The van der Waals surface area contributed by atoms with E-state index < -0.39 is 11.6 Å². The molecule has 0 aromatic heterocycles. The van der Waals surface area contributed by atoms with Crippen molar-refractivity contribution in [2.24, 2.45) is 5.10 Å². The Bertz CT molecular complexity index is 715. The lowest BCUT2D eigenvalue weighted by Gasteiger charge is -2.29. The molecule has 1 saturated carbocycles. The SMILES string of the molecule is COc1cc(/C=N\N2C(=O)NC3(CCCCC3)C2=O)cc(OC)c1OC. The van der Waals surface area contributed by atoms with Crippen molar-refractivity contribution in [2.75, 3.05) is 21.3 Å². The van der Waals surface area contributed by atoms with E-state index in [0.29, 0.717) is 35.7 Å². The Morgan fingerprint density at radius 1 is 1.04 bits per heavy atom. The lowest BCUT2D eigenvalue weighted by molar-refractivity contribution is -0.132. The molecule has 1 aromatic carbocycles. The van der Waals surface area contributed by atoms with Crippen LogP contribution in [0.25, 0.3) is 0 Å². The summed E-state index contributed by atoms with van der Waals surface area (Å²) < 4.78 is 15.9. The second-order valence-corrected chi connectivity index (χ2v) is 6.39. The maximum Gasteiger partial charge on any atom is 0.346 e. The first-order chi connectivity index (χ1) is 12.5. The minimum Gasteiger partial charge on any atom is -0.493 e. The zero-order valence-corrected chi connectivity index (χ0v) is 15.2. The Morgan fingerprint density at radius 3 is 2.19 bits per heavy atom. The van der Waals surface area contributed by atoms with E-state index in [-0.39, 0.29) is 5.91 Å². The fourth-order valence-corrected chi connectivity index (χ4v) is 3.51. The molecule has 1 saturated heterocycles. The van der Waals surface area contributed by atoms with Crippen LogP contribution >= 0.6 is 0 Å². The van der Waals surface area contributed by atoms with Crippen molar-refractivity contribution in [3.05, 3.63) is 17.7 Å². The quantitative estimate of drug-likeness (QED) is 0.642. The Labute approximate surface area is 152 Å². The average Bonchev–Trinajstić information content (AvgIpc) is 2.89. The van der Waals surface area contributed by atoms with Gasteiger partial charge in [0.25, 0.3) is 5.91 Å². The summed E-state index contributed by atoms with van der Waals surface area (Å²) in [6, 6.07) is 2.90. The van der Waals surface area contributed by atoms with Crippen LogP contribution in [0.15, 0.2) is 17.2 Å². The van der Waals surface area contributed by atoms with Crippen LogP contribution in [0.1, 0.15) is 37.7 Å². The van der Waals surface area contributed by atoms with Crippen molar-refractivity contribution < 1.29 is 23.8 Å². The van der Waals surface area contributed by atoms with Crippen molar-refractivity contribution in [1.29, 1.82) is 0 Å². The van der Waals surface area contributed by atoms with E-state index in [1.807, 2.05) is 0 Å². The number of urea groups is 1. The van der Waals surface area contributed by atoms with Crippen LogP contribution in [-0.2, 0) is 4.79 Å². The van der Waals surface area contributed by atoms with Gasteiger partial charge in [-0.1, -0.05) is 19.3 Å². The van der Waals surface area contributed by atoms with Crippen LogP contribution in [0.4, 0.5) is 4.79 Å². The number of nitrogens with zero attached hydrogens (tertiary/aromatic N) is 2. The second kappa shape index (κ2) is 7.23. The molecule has 8 heteroatoms. The summed E-state index contributed by atoms with van der Waals surface area (Å²) in [6.07, 6.45) is 5.69. The molecule has 0 atom stereocenters. The van der Waals surface area contributed by atoms with Gasteiger partial charge in [-0.15, -0.1) is 5.01 Å². The predicted molar refractivity (Wildman–Crippen MR) is 94.9 cm³/mol. The van der Waals surface area contributed by atoms with Crippen LogP contribution in [0.3, 0.4) is 0 Å². The number of benzene rings is 1. The molecule has 1 spiro atoms. The van der Waals surface area contributed by atoms with Gasteiger partial charge in [0.05, 0.1) is 27.5 Å². The van der Waals surface area contributed by atoms with E-state index in [1.54, 1.807) is 12.1 Å². The highest BCUT2D eigenvalue weighted by atomic mass is 16.5. The number of imide groups is 1. The molecule has 2 aliphatic rings. The molecule has 2 fully saturated rings. The Morgan fingerprint density at radius 2 is 1.65 bits per heavy atom. The highest BCUT2D eigenvalue weighted by Crippen LogP contribution is 2.38. The maximum atomic E-state index is 12.7. The second-order valence-electron chi connectivity index (χ2n) is 6.39. The summed E-state index contributed by atoms with van der Waals surface area (Å²) in [5.74, 6) is 1.11. The number of nitrogens with one attached hydrogen (secondary N) is 1. The van der Waals surface area contributed by atoms with Crippen molar-refractivity contribution >= 4 is 18.2 Å². The van der Waals surface area contributed by atoms with Gasteiger partial charge in [0.2, 0.25) is 5.75 Å². The summed E-state index contributed by atoms with van der Waals surface area (Å²) in [5, 5.41) is 7.84. The maximum absolute atomic E-state index is 12.7. The molecule has 1 heterocycles.